The van der Waals surface area contributed by atoms with Gasteiger partial charge < -0.3 is 18.9 Å². The summed E-state index contributed by atoms with van der Waals surface area (Å²) in [4.78, 5) is 12.9. The zero-order chi connectivity index (χ0) is 22.8. The molecule has 0 aliphatic rings. The maximum absolute atomic E-state index is 12.9. The Morgan fingerprint density at radius 3 is 2.22 bits per heavy atom. The van der Waals surface area contributed by atoms with Gasteiger partial charge in [0.1, 0.15) is 29.6 Å². The standard InChI is InChI=1S/C27H28O5/c1-4-30-22-13-11-21(26(17-22)31-5-2)12-16-25(28)24-15-14-23(18-27(24)29-3)32-19-20-9-7-6-8-10-20/h6-18H,4-5,19H2,1-3H3. The van der Waals surface area contributed by atoms with Gasteiger partial charge in [-0.25, -0.2) is 0 Å². The Morgan fingerprint density at radius 1 is 0.812 bits per heavy atom. The van der Waals surface area contributed by atoms with E-state index in [2.05, 4.69) is 0 Å². The van der Waals surface area contributed by atoms with Crippen LogP contribution in [-0.2, 0) is 6.61 Å². The van der Waals surface area contributed by atoms with Crippen molar-refractivity contribution in [2.24, 2.45) is 0 Å². The van der Waals surface area contributed by atoms with Crippen molar-refractivity contribution in [2.75, 3.05) is 20.3 Å². The molecule has 3 aromatic rings. The molecule has 0 radical (unpaired) electrons. The highest BCUT2D eigenvalue weighted by atomic mass is 16.5. The lowest BCUT2D eigenvalue weighted by molar-refractivity contribution is 0.104. The molecule has 0 N–H and O–H groups in total. The fraction of sp³-hybridized carbons (Fsp3) is 0.222. The van der Waals surface area contributed by atoms with E-state index in [-0.39, 0.29) is 5.78 Å². The molecule has 0 aliphatic heterocycles. The summed E-state index contributed by atoms with van der Waals surface area (Å²) >= 11 is 0. The highest BCUT2D eigenvalue weighted by Gasteiger charge is 2.12. The molecule has 5 heteroatoms. The van der Waals surface area contributed by atoms with E-state index in [1.54, 1.807) is 24.3 Å². The van der Waals surface area contributed by atoms with Crippen LogP contribution in [0.25, 0.3) is 6.08 Å². The minimum Gasteiger partial charge on any atom is -0.496 e. The molecule has 0 aliphatic carbocycles. The number of benzene rings is 3. The topological polar surface area (TPSA) is 54.0 Å². The molecule has 3 rings (SSSR count). The second-order valence-electron chi connectivity index (χ2n) is 6.90. The minimum atomic E-state index is -0.173. The molecule has 0 saturated carbocycles. The summed E-state index contributed by atoms with van der Waals surface area (Å²) in [6.07, 6.45) is 3.25. The second kappa shape index (κ2) is 11.6. The quantitative estimate of drug-likeness (QED) is 0.276. The number of ether oxygens (including phenoxy) is 4. The Labute approximate surface area is 189 Å². The Bertz CT molecular complexity index is 1060. The van der Waals surface area contributed by atoms with E-state index in [9.17, 15) is 4.79 Å². The molecule has 32 heavy (non-hydrogen) atoms. The zero-order valence-electron chi connectivity index (χ0n) is 18.7. The summed E-state index contributed by atoms with van der Waals surface area (Å²) in [5.74, 6) is 2.32. The second-order valence-corrected chi connectivity index (χ2v) is 6.90. The van der Waals surface area contributed by atoms with Gasteiger partial charge in [0.25, 0.3) is 0 Å². The van der Waals surface area contributed by atoms with Crippen molar-refractivity contribution >= 4 is 11.9 Å². The lowest BCUT2D eigenvalue weighted by atomic mass is 10.1. The fourth-order valence-corrected chi connectivity index (χ4v) is 3.15. The summed E-state index contributed by atoms with van der Waals surface area (Å²) in [6.45, 7) is 5.37. The van der Waals surface area contributed by atoms with Crippen molar-refractivity contribution < 1.29 is 23.7 Å². The molecule has 0 amide bonds. The SMILES string of the molecule is CCOc1ccc(C=CC(=O)c2ccc(OCc3ccccc3)cc2OC)c(OCC)c1. The number of rotatable bonds is 11. The van der Waals surface area contributed by atoms with Crippen LogP contribution in [0.3, 0.4) is 0 Å². The maximum Gasteiger partial charge on any atom is 0.189 e. The van der Waals surface area contributed by atoms with Gasteiger partial charge in [-0.1, -0.05) is 30.3 Å². The van der Waals surface area contributed by atoms with Gasteiger partial charge in [0, 0.05) is 17.7 Å². The summed E-state index contributed by atoms with van der Waals surface area (Å²) in [5.41, 5.74) is 2.32. The van der Waals surface area contributed by atoms with Crippen LogP contribution in [0.4, 0.5) is 0 Å². The smallest absolute Gasteiger partial charge is 0.189 e. The number of allylic oxidation sites excluding steroid dienone is 1. The summed E-state index contributed by atoms with van der Waals surface area (Å²) in [5, 5.41) is 0. The minimum absolute atomic E-state index is 0.173. The van der Waals surface area contributed by atoms with Crippen molar-refractivity contribution in [3.05, 3.63) is 89.5 Å². The van der Waals surface area contributed by atoms with Gasteiger partial charge in [-0.15, -0.1) is 0 Å². The average molecular weight is 433 g/mol. The number of methoxy groups -OCH3 is 1. The molecular weight excluding hydrogens is 404 g/mol. The van der Waals surface area contributed by atoms with Gasteiger partial charge >= 0.3 is 0 Å². The van der Waals surface area contributed by atoms with E-state index < -0.39 is 0 Å². The predicted octanol–water partition coefficient (Wildman–Crippen LogP) is 5.97. The maximum atomic E-state index is 12.9. The first-order chi connectivity index (χ1) is 15.6. The van der Waals surface area contributed by atoms with Crippen LogP contribution in [0.2, 0.25) is 0 Å². The lowest BCUT2D eigenvalue weighted by Crippen LogP contribution is -2.01. The Hall–Kier alpha value is -3.73. The number of hydrogen-bond donors (Lipinski definition) is 0. The van der Waals surface area contributed by atoms with Gasteiger partial charge in [-0.05, 0) is 55.8 Å². The van der Waals surface area contributed by atoms with Gasteiger partial charge in [0.2, 0.25) is 0 Å². The summed E-state index contributed by atoms with van der Waals surface area (Å²) in [7, 11) is 1.54. The van der Waals surface area contributed by atoms with E-state index >= 15 is 0 Å². The van der Waals surface area contributed by atoms with E-state index in [1.807, 2.05) is 62.4 Å². The van der Waals surface area contributed by atoms with E-state index in [1.165, 1.54) is 13.2 Å². The molecule has 0 heterocycles. The molecule has 166 valence electrons. The van der Waals surface area contributed by atoms with Crippen molar-refractivity contribution in [3.63, 3.8) is 0 Å². The lowest BCUT2D eigenvalue weighted by Gasteiger charge is -2.11. The van der Waals surface area contributed by atoms with Gasteiger partial charge in [0.15, 0.2) is 5.78 Å². The molecule has 0 aromatic heterocycles. The fourth-order valence-electron chi connectivity index (χ4n) is 3.15. The Morgan fingerprint density at radius 2 is 1.50 bits per heavy atom. The molecule has 0 spiro atoms. The highest BCUT2D eigenvalue weighted by Crippen LogP contribution is 2.28. The van der Waals surface area contributed by atoms with Crippen LogP contribution in [0.15, 0.2) is 72.8 Å². The van der Waals surface area contributed by atoms with Crippen molar-refractivity contribution in [3.8, 4) is 23.0 Å². The molecule has 0 bridgehead atoms. The van der Waals surface area contributed by atoms with Crippen LogP contribution < -0.4 is 18.9 Å². The monoisotopic (exact) mass is 432 g/mol. The Balaban J connectivity index is 1.74. The van der Waals surface area contributed by atoms with Crippen LogP contribution in [0.1, 0.15) is 35.3 Å². The first-order valence-electron chi connectivity index (χ1n) is 10.6. The summed E-state index contributed by atoms with van der Waals surface area (Å²) < 4.78 is 22.5. The predicted molar refractivity (Wildman–Crippen MR) is 126 cm³/mol. The van der Waals surface area contributed by atoms with E-state index in [4.69, 9.17) is 18.9 Å². The van der Waals surface area contributed by atoms with Crippen LogP contribution in [-0.4, -0.2) is 26.1 Å². The number of carbonyl (C=O) groups excluding carboxylic acids is 1. The normalized spacial score (nSPS) is 10.7. The van der Waals surface area contributed by atoms with Crippen LogP contribution >= 0.6 is 0 Å². The molecule has 0 saturated heterocycles. The molecule has 5 nitrogen and oxygen atoms in total. The van der Waals surface area contributed by atoms with Crippen LogP contribution in [0, 0.1) is 0 Å². The average Bonchev–Trinajstić information content (AvgIpc) is 2.83. The van der Waals surface area contributed by atoms with Crippen molar-refractivity contribution in [1.29, 1.82) is 0 Å². The van der Waals surface area contributed by atoms with Gasteiger partial charge in [-0.2, -0.15) is 0 Å². The number of carbonyl (C=O) groups is 1. The van der Waals surface area contributed by atoms with E-state index in [0.717, 1.165) is 16.9 Å². The summed E-state index contributed by atoms with van der Waals surface area (Å²) in [6, 6.07) is 20.7. The van der Waals surface area contributed by atoms with Gasteiger partial charge in [0.05, 0.1) is 25.9 Å². The third-order valence-electron chi connectivity index (χ3n) is 4.70. The van der Waals surface area contributed by atoms with Crippen molar-refractivity contribution in [2.45, 2.75) is 20.5 Å². The zero-order valence-corrected chi connectivity index (χ0v) is 18.7. The van der Waals surface area contributed by atoms with E-state index in [0.29, 0.717) is 42.6 Å². The van der Waals surface area contributed by atoms with Gasteiger partial charge in [-0.3, -0.25) is 4.79 Å². The molecule has 0 fully saturated rings. The Kier molecular flexibility index (Phi) is 8.32. The van der Waals surface area contributed by atoms with Crippen molar-refractivity contribution in [1.82, 2.24) is 0 Å². The number of ketones is 1. The molecule has 0 atom stereocenters. The highest BCUT2D eigenvalue weighted by molar-refractivity contribution is 6.08. The molecule has 0 unspecified atom stereocenters. The molecule has 3 aromatic carbocycles. The third kappa shape index (κ3) is 6.14. The largest absolute Gasteiger partial charge is 0.496 e. The first kappa shape index (κ1) is 22.9. The molecular formula is C27H28O5. The van der Waals surface area contributed by atoms with Crippen LogP contribution in [0.5, 0.6) is 23.0 Å². The first-order valence-corrected chi connectivity index (χ1v) is 10.6. The number of hydrogen-bond acceptors (Lipinski definition) is 5. The third-order valence-corrected chi connectivity index (χ3v) is 4.70.